The van der Waals surface area contributed by atoms with Crippen molar-refractivity contribution in [2.75, 3.05) is 13.1 Å². The van der Waals surface area contributed by atoms with Gasteiger partial charge >= 0.3 is 0 Å². The Morgan fingerprint density at radius 2 is 2.10 bits per heavy atom. The summed E-state index contributed by atoms with van der Waals surface area (Å²) in [5.41, 5.74) is 0.882. The Morgan fingerprint density at radius 3 is 2.76 bits per heavy atom. The summed E-state index contributed by atoms with van der Waals surface area (Å²) >= 11 is 0. The summed E-state index contributed by atoms with van der Waals surface area (Å²) in [6.45, 7) is 4.75. The highest BCUT2D eigenvalue weighted by molar-refractivity contribution is 5.07. The second kappa shape index (κ2) is 6.17. The minimum absolute atomic E-state index is 0.219. The topological polar surface area (TPSA) is 69.0 Å². The number of likely N-dealkylation sites (tertiary alicyclic amines) is 1. The maximum Gasteiger partial charge on any atom is 0.232 e. The molecule has 0 aliphatic carbocycles. The van der Waals surface area contributed by atoms with Gasteiger partial charge in [-0.05, 0) is 19.8 Å². The van der Waals surface area contributed by atoms with E-state index < -0.39 is 0 Å². The Labute approximate surface area is 124 Å². The van der Waals surface area contributed by atoms with E-state index in [0.717, 1.165) is 44.0 Å². The highest BCUT2D eigenvalue weighted by atomic mass is 16.5. The Morgan fingerprint density at radius 1 is 1.29 bits per heavy atom. The molecule has 1 aliphatic rings. The molecule has 1 aliphatic heterocycles. The zero-order chi connectivity index (χ0) is 14.7. The standard InChI is InChI=1S/C14H20N6O/c1-11-7-15-8-14(17-11)21-12-3-5-20(6-4-12)9-13-18-16-10-19(13)2/h7-8,10,12H,3-6,9H2,1-2H3. The van der Waals surface area contributed by atoms with Gasteiger partial charge in [-0.3, -0.25) is 9.88 Å². The summed E-state index contributed by atoms with van der Waals surface area (Å²) in [5.74, 6) is 1.63. The van der Waals surface area contributed by atoms with Crippen LogP contribution >= 0.6 is 0 Å². The molecule has 1 saturated heterocycles. The highest BCUT2D eigenvalue weighted by Crippen LogP contribution is 2.17. The molecule has 0 bridgehead atoms. The highest BCUT2D eigenvalue weighted by Gasteiger charge is 2.22. The lowest BCUT2D eigenvalue weighted by Crippen LogP contribution is -2.38. The van der Waals surface area contributed by atoms with E-state index in [0.29, 0.717) is 5.88 Å². The molecule has 0 saturated carbocycles. The lowest BCUT2D eigenvalue weighted by molar-refractivity contribution is 0.0909. The molecular weight excluding hydrogens is 268 g/mol. The van der Waals surface area contributed by atoms with E-state index in [1.54, 1.807) is 18.7 Å². The first-order chi connectivity index (χ1) is 10.2. The number of nitrogens with zero attached hydrogens (tertiary/aromatic N) is 6. The van der Waals surface area contributed by atoms with Crippen LogP contribution in [0.2, 0.25) is 0 Å². The van der Waals surface area contributed by atoms with Crippen LogP contribution < -0.4 is 4.74 Å². The number of ether oxygens (including phenoxy) is 1. The van der Waals surface area contributed by atoms with Crippen LogP contribution in [0.4, 0.5) is 0 Å². The monoisotopic (exact) mass is 288 g/mol. The molecule has 0 unspecified atom stereocenters. The Kier molecular flexibility index (Phi) is 4.10. The summed E-state index contributed by atoms with van der Waals surface area (Å²) in [7, 11) is 1.97. The quantitative estimate of drug-likeness (QED) is 0.834. The molecule has 2 aromatic rings. The molecule has 0 aromatic carbocycles. The molecule has 7 nitrogen and oxygen atoms in total. The molecule has 3 rings (SSSR count). The molecular formula is C14H20N6O. The molecule has 0 spiro atoms. The molecule has 1 fully saturated rings. The van der Waals surface area contributed by atoms with E-state index in [1.165, 1.54) is 0 Å². The molecule has 0 radical (unpaired) electrons. The summed E-state index contributed by atoms with van der Waals surface area (Å²) in [4.78, 5) is 10.8. The van der Waals surface area contributed by atoms with Crippen molar-refractivity contribution in [1.82, 2.24) is 29.6 Å². The Bertz CT molecular complexity index is 591. The predicted molar refractivity (Wildman–Crippen MR) is 76.7 cm³/mol. The number of rotatable bonds is 4. The van der Waals surface area contributed by atoms with Crippen molar-refractivity contribution in [1.29, 1.82) is 0 Å². The van der Waals surface area contributed by atoms with Gasteiger partial charge in [0, 0.05) is 26.3 Å². The molecule has 2 aromatic heterocycles. The fraction of sp³-hybridized carbons (Fsp3) is 0.571. The van der Waals surface area contributed by atoms with Crippen molar-refractivity contribution in [2.24, 2.45) is 7.05 Å². The van der Waals surface area contributed by atoms with Crippen molar-refractivity contribution in [3.05, 3.63) is 30.2 Å². The van der Waals surface area contributed by atoms with Crippen molar-refractivity contribution in [3.8, 4) is 5.88 Å². The minimum Gasteiger partial charge on any atom is -0.473 e. The zero-order valence-electron chi connectivity index (χ0n) is 12.4. The third kappa shape index (κ3) is 3.55. The predicted octanol–water partition coefficient (Wildman–Crippen LogP) is 0.957. The lowest BCUT2D eigenvalue weighted by atomic mass is 10.1. The summed E-state index contributed by atoms with van der Waals surface area (Å²) in [6.07, 6.45) is 7.36. The Hall–Kier alpha value is -2.02. The summed E-state index contributed by atoms with van der Waals surface area (Å²) in [5, 5.41) is 8.04. The van der Waals surface area contributed by atoms with Crippen molar-refractivity contribution < 1.29 is 4.74 Å². The molecule has 0 N–H and O–H groups in total. The molecule has 7 heteroatoms. The van der Waals surface area contributed by atoms with Gasteiger partial charge < -0.3 is 9.30 Å². The van der Waals surface area contributed by atoms with Crippen LogP contribution in [0, 0.1) is 6.92 Å². The van der Waals surface area contributed by atoms with E-state index in [-0.39, 0.29) is 6.10 Å². The van der Waals surface area contributed by atoms with Crippen LogP contribution in [0.15, 0.2) is 18.7 Å². The fourth-order valence-corrected chi connectivity index (χ4v) is 2.50. The van der Waals surface area contributed by atoms with E-state index >= 15 is 0 Å². The van der Waals surface area contributed by atoms with Gasteiger partial charge in [-0.15, -0.1) is 10.2 Å². The molecule has 112 valence electrons. The van der Waals surface area contributed by atoms with E-state index in [9.17, 15) is 0 Å². The van der Waals surface area contributed by atoms with Gasteiger partial charge in [0.15, 0.2) is 0 Å². The molecule has 3 heterocycles. The van der Waals surface area contributed by atoms with Crippen molar-refractivity contribution >= 4 is 0 Å². The number of hydrogen-bond donors (Lipinski definition) is 0. The average molecular weight is 288 g/mol. The SMILES string of the molecule is Cc1cncc(OC2CCN(Cc3nncn3C)CC2)n1. The smallest absolute Gasteiger partial charge is 0.232 e. The number of aromatic nitrogens is 5. The first kappa shape index (κ1) is 13.9. The van der Waals surface area contributed by atoms with E-state index in [1.807, 2.05) is 18.5 Å². The number of piperidine rings is 1. The van der Waals surface area contributed by atoms with Gasteiger partial charge in [0.2, 0.25) is 5.88 Å². The van der Waals surface area contributed by atoms with Gasteiger partial charge in [-0.2, -0.15) is 0 Å². The maximum atomic E-state index is 5.91. The number of hydrogen-bond acceptors (Lipinski definition) is 6. The van der Waals surface area contributed by atoms with Crippen LogP contribution in [0.25, 0.3) is 0 Å². The van der Waals surface area contributed by atoms with Crippen LogP contribution in [0.1, 0.15) is 24.4 Å². The second-order valence-corrected chi connectivity index (χ2v) is 5.45. The largest absolute Gasteiger partial charge is 0.473 e. The molecule has 21 heavy (non-hydrogen) atoms. The maximum absolute atomic E-state index is 5.91. The van der Waals surface area contributed by atoms with E-state index in [4.69, 9.17) is 4.74 Å². The fourth-order valence-electron chi connectivity index (χ4n) is 2.50. The van der Waals surface area contributed by atoms with Gasteiger partial charge in [-0.25, -0.2) is 4.98 Å². The minimum atomic E-state index is 0.219. The van der Waals surface area contributed by atoms with Gasteiger partial charge in [0.05, 0.1) is 18.4 Å². The molecule has 0 atom stereocenters. The van der Waals surface area contributed by atoms with Crippen LogP contribution in [-0.2, 0) is 13.6 Å². The lowest BCUT2D eigenvalue weighted by Gasteiger charge is -2.31. The van der Waals surface area contributed by atoms with Crippen LogP contribution in [0.3, 0.4) is 0 Å². The van der Waals surface area contributed by atoms with Crippen LogP contribution in [-0.4, -0.2) is 48.8 Å². The number of aryl methyl sites for hydroxylation is 2. The van der Waals surface area contributed by atoms with Crippen LogP contribution in [0.5, 0.6) is 5.88 Å². The third-order valence-corrected chi connectivity index (χ3v) is 3.73. The third-order valence-electron chi connectivity index (χ3n) is 3.73. The van der Waals surface area contributed by atoms with Gasteiger partial charge in [0.25, 0.3) is 0 Å². The normalized spacial score (nSPS) is 17.0. The van der Waals surface area contributed by atoms with E-state index in [2.05, 4.69) is 25.1 Å². The van der Waals surface area contributed by atoms with Gasteiger partial charge in [-0.1, -0.05) is 0 Å². The zero-order valence-corrected chi connectivity index (χ0v) is 12.4. The molecule has 0 amide bonds. The van der Waals surface area contributed by atoms with Gasteiger partial charge in [0.1, 0.15) is 18.3 Å². The first-order valence-corrected chi connectivity index (χ1v) is 7.21. The second-order valence-electron chi connectivity index (χ2n) is 5.45. The Balaban J connectivity index is 1.50. The van der Waals surface area contributed by atoms with Crippen molar-refractivity contribution in [2.45, 2.75) is 32.4 Å². The van der Waals surface area contributed by atoms with Crippen molar-refractivity contribution in [3.63, 3.8) is 0 Å². The average Bonchev–Trinajstić information content (AvgIpc) is 2.87. The summed E-state index contributed by atoms with van der Waals surface area (Å²) in [6, 6.07) is 0. The summed E-state index contributed by atoms with van der Waals surface area (Å²) < 4.78 is 7.87. The first-order valence-electron chi connectivity index (χ1n) is 7.21.